The van der Waals surface area contributed by atoms with Crippen molar-refractivity contribution < 1.29 is 14.7 Å². The van der Waals surface area contributed by atoms with Gasteiger partial charge in [-0.25, -0.2) is 0 Å². The SMILES string of the molecule is NC1(C(=O)N2CC[C@H](O)[C@@]3(CCCNC3=O)C2)CCCC1. The summed E-state index contributed by atoms with van der Waals surface area (Å²) in [6.07, 6.45) is 4.71. The minimum absolute atomic E-state index is 0.0374. The van der Waals surface area contributed by atoms with Gasteiger partial charge in [0.05, 0.1) is 17.1 Å². The number of carbonyl (C=O) groups is 2. The van der Waals surface area contributed by atoms with Crippen molar-refractivity contribution in [1.82, 2.24) is 10.2 Å². The summed E-state index contributed by atoms with van der Waals surface area (Å²) >= 11 is 0. The molecule has 0 bridgehead atoms. The predicted octanol–water partition coefficient (Wildman–Crippen LogP) is -0.252. The summed E-state index contributed by atoms with van der Waals surface area (Å²) in [5.41, 5.74) is 4.68. The number of aliphatic hydroxyl groups is 1. The van der Waals surface area contributed by atoms with Crippen molar-refractivity contribution >= 4 is 11.8 Å². The first-order valence-electron chi connectivity index (χ1n) is 8.03. The molecule has 21 heavy (non-hydrogen) atoms. The van der Waals surface area contributed by atoms with Gasteiger partial charge in [-0.05, 0) is 32.1 Å². The molecule has 1 spiro atoms. The maximum absolute atomic E-state index is 12.7. The van der Waals surface area contributed by atoms with Gasteiger partial charge in [-0.3, -0.25) is 9.59 Å². The topological polar surface area (TPSA) is 95.7 Å². The third-order valence-electron chi connectivity index (χ3n) is 5.53. The first-order valence-corrected chi connectivity index (χ1v) is 8.03. The molecule has 6 heteroatoms. The second-order valence-electron chi connectivity index (χ2n) is 6.91. The zero-order valence-corrected chi connectivity index (χ0v) is 12.4. The normalized spacial score (nSPS) is 35.8. The highest BCUT2D eigenvalue weighted by molar-refractivity contribution is 5.89. The first kappa shape index (κ1) is 14.8. The Morgan fingerprint density at radius 3 is 2.67 bits per heavy atom. The minimum atomic E-state index is -0.832. The smallest absolute Gasteiger partial charge is 0.242 e. The average Bonchev–Trinajstić information content (AvgIpc) is 2.92. The van der Waals surface area contributed by atoms with Crippen molar-refractivity contribution in [2.75, 3.05) is 19.6 Å². The maximum Gasteiger partial charge on any atom is 0.242 e. The molecule has 2 heterocycles. The van der Waals surface area contributed by atoms with Crippen LogP contribution in [-0.2, 0) is 9.59 Å². The molecule has 2 aliphatic heterocycles. The number of hydrogen-bond acceptors (Lipinski definition) is 4. The molecule has 1 aliphatic carbocycles. The number of piperidine rings is 2. The first-order chi connectivity index (χ1) is 9.98. The van der Waals surface area contributed by atoms with Crippen LogP contribution in [0.25, 0.3) is 0 Å². The molecule has 3 rings (SSSR count). The van der Waals surface area contributed by atoms with Gasteiger partial charge in [0.1, 0.15) is 0 Å². The Hall–Kier alpha value is -1.14. The van der Waals surface area contributed by atoms with Crippen LogP contribution >= 0.6 is 0 Å². The number of likely N-dealkylation sites (tertiary alicyclic amines) is 1. The van der Waals surface area contributed by atoms with Gasteiger partial charge in [0.15, 0.2) is 0 Å². The highest BCUT2D eigenvalue weighted by Gasteiger charge is 2.52. The van der Waals surface area contributed by atoms with Crippen LogP contribution < -0.4 is 11.1 Å². The van der Waals surface area contributed by atoms with Crippen LogP contribution in [0, 0.1) is 5.41 Å². The van der Waals surface area contributed by atoms with Crippen LogP contribution in [0.2, 0.25) is 0 Å². The summed E-state index contributed by atoms with van der Waals surface area (Å²) < 4.78 is 0. The molecule has 2 atom stereocenters. The highest BCUT2D eigenvalue weighted by atomic mass is 16.3. The molecule has 0 aromatic carbocycles. The Kier molecular flexibility index (Phi) is 3.69. The van der Waals surface area contributed by atoms with E-state index in [9.17, 15) is 14.7 Å². The van der Waals surface area contributed by atoms with E-state index in [1.54, 1.807) is 4.90 Å². The fourth-order valence-electron chi connectivity index (χ4n) is 4.15. The van der Waals surface area contributed by atoms with Crippen molar-refractivity contribution in [1.29, 1.82) is 0 Å². The van der Waals surface area contributed by atoms with Gasteiger partial charge in [0, 0.05) is 19.6 Å². The Balaban J connectivity index is 1.79. The number of aliphatic hydroxyl groups excluding tert-OH is 1. The Morgan fingerprint density at radius 2 is 2.00 bits per heavy atom. The van der Waals surface area contributed by atoms with Crippen molar-refractivity contribution in [3.8, 4) is 0 Å². The van der Waals surface area contributed by atoms with E-state index in [0.717, 1.165) is 32.1 Å². The molecule has 1 saturated carbocycles. The molecule has 2 saturated heterocycles. The molecule has 2 amide bonds. The van der Waals surface area contributed by atoms with Gasteiger partial charge >= 0.3 is 0 Å². The summed E-state index contributed by atoms with van der Waals surface area (Å²) in [5, 5.41) is 13.2. The molecular weight excluding hydrogens is 270 g/mol. The van der Waals surface area contributed by atoms with E-state index in [1.165, 1.54) is 0 Å². The number of hydrogen-bond donors (Lipinski definition) is 3. The van der Waals surface area contributed by atoms with Crippen LogP contribution in [0.3, 0.4) is 0 Å². The molecule has 0 unspecified atom stereocenters. The Bertz CT molecular complexity index is 447. The van der Waals surface area contributed by atoms with Crippen LogP contribution in [0.15, 0.2) is 0 Å². The van der Waals surface area contributed by atoms with Crippen LogP contribution in [0.5, 0.6) is 0 Å². The lowest BCUT2D eigenvalue weighted by molar-refractivity contribution is -0.157. The number of rotatable bonds is 1. The number of nitrogens with zero attached hydrogens (tertiary/aromatic N) is 1. The van der Waals surface area contributed by atoms with E-state index in [-0.39, 0.29) is 11.8 Å². The molecule has 0 aromatic rings. The molecule has 0 radical (unpaired) electrons. The molecule has 3 aliphatic rings. The van der Waals surface area contributed by atoms with Crippen LogP contribution in [0.4, 0.5) is 0 Å². The van der Waals surface area contributed by atoms with E-state index in [4.69, 9.17) is 5.73 Å². The van der Waals surface area contributed by atoms with E-state index in [1.807, 2.05) is 0 Å². The summed E-state index contributed by atoms with van der Waals surface area (Å²) in [5.74, 6) is -0.152. The summed E-state index contributed by atoms with van der Waals surface area (Å²) in [6.45, 7) is 1.45. The summed E-state index contributed by atoms with van der Waals surface area (Å²) in [4.78, 5) is 26.8. The molecular formula is C15H25N3O3. The Morgan fingerprint density at radius 1 is 1.29 bits per heavy atom. The Labute approximate surface area is 125 Å². The number of carbonyl (C=O) groups excluding carboxylic acids is 2. The van der Waals surface area contributed by atoms with Gasteiger partial charge < -0.3 is 21.1 Å². The van der Waals surface area contributed by atoms with E-state index in [0.29, 0.717) is 32.5 Å². The largest absolute Gasteiger partial charge is 0.392 e. The fourth-order valence-corrected chi connectivity index (χ4v) is 4.15. The second kappa shape index (κ2) is 5.25. The zero-order valence-electron chi connectivity index (χ0n) is 12.4. The number of amides is 2. The minimum Gasteiger partial charge on any atom is -0.392 e. The summed E-state index contributed by atoms with van der Waals surface area (Å²) in [6, 6.07) is 0. The average molecular weight is 295 g/mol. The number of nitrogens with two attached hydrogens (primary N) is 1. The highest BCUT2D eigenvalue weighted by Crippen LogP contribution is 2.39. The van der Waals surface area contributed by atoms with Crippen molar-refractivity contribution in [2.24, 2.45) is 11.1 Å². The third-order valence-corrected chi connectivity index (χ3v) is 5.53. The maximum atomic E-state index is 12.7. The number of nitrogens with one attached hydrogen (secondary N) is 1. The fraction of sp³-hybridized carbons (Fsp3) is 0.867. The standard InChI is InChI=1S/C15H25N3O3/c16-15(6-1-2-7-15)13(21)18-9-4-11(19)14(10-18)5-3-8-17-12(14)20/h11,19H,1-10,16H2,(H,17,20)/t11-,14+/m0/s1. The van der Waals surface area contributed by atoms with Crippen LogP contribution in [-0.4, -0.2) is 53.1 Å². The molecule has 0 aromatic heterocycles. The lowest BCUT2D eigenvalue weighted by Crippen LogP contribution is -2.65. The van der Waals surface area contributed by atoms with E-state index < -0.39 is 17.1 Å². The predicted molar refractivity (Wildman–Crippen MR) is 77.3 cm³/mol. The second-order valence-corrected chi connectivity index (χ2v) is 6.91. The summed E-state index contributed by atoms with van der Waals surface area (Å²) in [7, 11) is 0. The van der Waals surface area contributed by atoms with Crippen molar-refractivity contribution in [2.45, 2.75) is 56.6 Å². The van der Waals surface area contributed by atoms with Gasteiger partial charge in [-0.15, -0.1) is 0 Å². The van der Waals surface area contributed by atoms with Crippen LogP contribution in [0.1, 0.15) is 44.9 Å². The monoisotopic (exact) mass is 295 g/mol. The van der Waals surface area contributed by atoms with Gasteiger partial charge in [-0.1, -0.05) is 12.8 Å². The lowest BCUT2D eigenvalue weighted by atomic mass is 9.71. The molecule has 118 valence electrons. The van der Waals surface area contributed by atoms with Gasteiger partial charge in [0.25, 0.3) is 0 Å². The third kappa shape index (κ3) is 2.34. The lowest BCUT2D eigenvalue weighted by Gasteiger charge is -2.48. The van der Waals surface area contributed by atoms with Crippen molar-refractivity contribution in [3.63, 3.8) is 0 Å². The van der Waals surface area contributed by atoms with Gasteiger partial charge in [-0.2, -0.15) is 0 Å². The van der Waals surface area contributed by atoms with Gasteiger partial charge in [0.2, 0.25) is 11.8 Å². The molecule has 6 nitrogen and oxygen atoms in total. The zero-order chi connectivity index (χ0) is 15.1. The van der Waals surface area contributed by atoms with Crippen molar-refractivity contribution in [3.05, 3.63) is 0 Å². The molecule has 3 fully saturated rings. The van der Waals surface area contributed by atoms with E-state index in [2.05, 4.69) is 5.32 Å². The quantitative estimate of drug-likeness (QED) is 0.621. The van der Waals surface area contributed by atoms with E-state index >= 15 is 0 Å². The molecule has 4 N–H and O–H groups in total.